The van der Waals surface area contributed by atoms with E-state index >= 15 is 0 Å². The number of nitrogens with zero attached hydrogens (tertiary/aromatic N) is 1. The highest BCUT2D eigenvalue weighted by Crippen LogP contribution is 2.36. The minimum Gasteiger partial charge on any atom is -0.495 e. The number of hydrogen-bond acceptors (Lipinski definition) is 6. The molecule has 182 valence electrons. The van der Waals surface area contributed by atoms with E-state index in [1.807, 2.05) is 31.2 Å². The lowest BCUT2D eigenvalue weighted by Gasteiger charge is -2.13. The van der Waals surface area contributed by atoms with Gasteiger partial charge in [0.25, 0.3) is 0 Å². The number of carbonyl (C=O) groups is 2. The van der Waals surface area contributed by atoms with E-state index < -0.39 is 18.2 Å². The molecule has 3 aromatic carbocycles. The zero-order valence-corrected chi connectivity index (χ0v) is 21.2. The molecule has 2 amide bonds. The lowest BCUT2D eigenvalue weighted by Crippen LogP contribution is -2.24. The average Bonchev–Trinajstić information content (AvgIpc) is 2.84. The molecule has 0 heterocycles. The van der Waals surface area contributed by atoms with E-state index in [1.54, 1.807) is 43.5 Å². The number of nitrogens with one attached hydrogen (secondary N) is 2. The smallest absolute Gasteiger partial charge is 0.249 e. The van der Waals surface area contributed by atoms with Crippen LogP contribution in [0.1, 0.15) is 23.1 Å². The second kappa shape index (κ2) is 12.6. The lowest BCUT2D eigenvalue weighted by atomic mass is 10.2. The molecule has 0 aromatic heterocycles. The number of hydrazone groups is 1. The zero-order chi connectivity index (χ0) is 25.2. The molecule has 3 aromatic rings. The second-order valence-corrected chi connectivity index (χ2v) is 8.38. The number of halogens is 1. The van der Waals surface area contributed by atoms with Crippen molar-refractivity contribution < 1.29 is 23.8 Å². The van der Waals surface area contributed by atoms with Gasteiger partial charge in [-0.2, -0.15) is 5.10 Å². The van der Waals surface area contributed by atoms with Crippen molar-refractivity contribution in [1.29, 1.82) is 0 Å². The van der Waals surface area contributed by atoms with Crippen LogP contribution in [0.2, 0.25) is 0 Å². The molecule has 0 radical (unpaired) electrons. The first-order valence-corrected chi connectivity index (χ1v) is 11.5. The van der Waals surface area contributed by atoms with Crippen LogP contribution in [-0.2, 0) is 16.2 Å². The van der Waals surface area contributed by atoms with Gasteiger partial charge in [-0.25, -0.2) is 5.43 Å². The first kappa shape index (κ1) is 25.8. The third-order valence-corrected chi connectivity index (χ3v) is 5.45. The normalized spacial score (nSPS) is 10.6. The molecule has 8 nitrogen and oxygen atoms in total. The van der Waals surface area contributed by atoms with Crippen LogP contribution in [0.3, 0.4) is 0 Å². The van der Waals surface area contributed by atoms with Crippen molar-refractivity contribution in [1.82, 2.24) is 5.43 Å². The summed E-state index contributed by atoms with van der Waals surface area (Å²) in [5.74, 6) is 0.530. The fraction of sp³-hybridized carbons (Fsp3) is 0.192. The highest BCUT2D eigenvalue weighted by atomic mass is 79.9. The molecule has 0 aliphatic heterocycles. The van der Waals surface area contributed by atoms with E-state index in [1.165, 1.54) is 18.9 Å². The molecular weight excluding hydrogens is 514 g/mol. The quantitative estimate of drug-likeness (QED) is 0.218. The minimum absolute atomic E-state index is 0.385. The molecule has 0 aliphatic rings. The Kier molecular flexibility index (Phi) is 9.25. The van der Waals surface area contributed by atoms with Gasteiger partial charge in [0.2, 0.25) is 11.8 Å². The third kappa shape index (κ3) is 7.58. The van der Waals surface area contributed by atoms with Gasteiger partial charge in [-0.05, 0) is 58.2 Å². The first-order chi connectivity index (χ1) is 16.9. The number of ether oxygens (including phenoxy) is 3. The summed E-state index contributed by atoms with van der Waals surface area (Å²) in [6, 6.07) is 18.5. The minimum atomic E-state index is -0.558. The Bertz CT molecular complexity index is 1210. The maximum absolute atomic E-state index is 12.2. The van der Waals surface area contributed by atoms with E-state index in [0.29, 0.717) is 39.6 Å². The first-order valence-electron chi connectivity index (χ1n) is 10.7. The Hall–Kier alpha value is -3.85. The van der Waals surface area contributed by atoms with Gasteiger partial charge < -0.3 is 19.5 Å². The molecule has 35 heavy (non-hydrogen) atoms. The molecule has 0 saturated heterocycles. The molecule has 3 rings (SSSR count). The summed E-state index contributed by atoms with van der Waals surface area (Å²) < 4.78 is 17.3. The number of amides is 2. The van der Waals surface area contributed by atoms with Gasteiger partial charge in [0.1, 0.15) is 18.8 Å². The van der Waals surface area contributed by atoms with Crippen molar-refractivity contribution in [2.45, 2.75) is 20.0 Å². The van der Waals surface area contributed by atoms with Crippen molar-refractivity contribution in [2.24, 2.45) is 5.10 Å². The van der Waals surface area contributed by atoms with Gasteiger partial charge in [0, 0.05) is 0 Å². The van der Waals surface area contributed by atoms with E-state index in [0.717, 1.165) is 5.56 Å². The summed E-state index contributed by atoms with van der Waals surface area (Å²) in [5.41, 5.74) is 5.71. The van der Waals surface area contributed by atoms with Gasteiger partial charge >= 0.3 is 0 Å². The average molecular weight is 540 g/mol. The third-order valence-electron chi connectivity index (χ3n) is 4.86. The number of aryl methyl sites for hydroxylation is 1. The number of para-hydroxylation sites is 2. The number of anilines is 1. The molecule has 0 aliphatic carbocycles. The summed E-state index contributed by atoms with van der Waals surface area (Å²) in [4.78, 5) is 24.3. The van der Waals surface area contributed by atoms with Gasteiger partial charge in [0.15, 0.2) is 11.5 Å². The van der Waals surface area contributed by atoms with Crippen molar-refractivity contribution in [3.63, 3.8) is 0 Å². The van der Waals surface area contributed by atoms with Crippen molar-refractivity contribution in [2.75, 3.05) is 19.5 Å². The standard InChI is InChI=1S/C26H26BrN3O5/c1-17-8-10-18(11-9-17)16-35-26-20(27)12-19(13-23(26)34-3)15-28-30-25(32)14-24(31)29-21-6-4-5-7-22(21)33-2/h4-13,15H,14,16H2,1-3H3,(H,29,31)(H,30,32). The monoisotopic (exact) mass is 539 g/mol. The number of hydrogen-bond donors (Lipinski definition) is 2. The Balaban J connectivity index is 1.57. The summed E-state index contributed by atoms with van der Waals surface area (Å²) >= 11 is 3.50. The van der Waals surface area contributed by atoms with E-state index in [4.69, 9.17) is 14.2 Å². The Morgan fingerprint density at radius 3 is 2.40 bits per heavy atom. The predicted octanol–water partition coefficient (Wildman–Crippen LogP) is 4.83. The topological polar surface area (TPSA) is 98.2 Å². The summed E-state index contributed by atoms with van der Waals surface area (Å²) in [6.45, 7) is 2.42. The Labute approximate surface area is 212 Å². The maximum Gasteiger partial charge on any atom is 0.249 e. The lowest BCUT2D eigenvalue weighted by molar-refractivity contribution is -0.126. The van der Waals surface area contributed by atoms with Crippen LogP contribution < -0.4 is 25.0 Å². The zero-order valence-electron chi connectivity index (χ0n) is 19.6. The van der Waals surface area contributed by atoms with Crippen LogP contribution in [0, 0.1) is 6.92 Å². The van der Waals surface area contributed by atoms with Crippen LogP contribution >= 0.6 is 15.9 Å². The highest BCUT2D eigenvalue weighted by molar-refractivity contribution is 9.10. The molecule has 9 heteroatoms. The van der Waals surface area contributed by atoms with Crippen LogP contribution in [0.4, 0.5) is 5.69 Å². The molecule has 0 spiro atoms. The molecule has 0 fully saturated rings. The van der Waals surface area contributed by atoms with E-state index in [-0.39, 0.29) is 0 Å². The van der Waals surface area contributed by atoms with Gasteiger partial charge in [-0.15, -0.1) is 0 Å². The number of carbonyl (C=O) groups excluding carboxylic acids is 2. The van der Waals surface area contributed by atoms with Crippen LogP contribution in [0.15, 0.2) is 70.2 Å². The van der Waals surface area contributed by atoms with Gasteiger partial charge in [-0.1, -0.05) is 42.0 Å². The Morgan fingerprint density at radius 1 is 0.971 bits per heavy atom. The van der Waals surface area contributed by atoms with Crippen molar-refractivity contribution in [3.05, 3.63) is 81.8 Å². The van der Waals surface area contributed by atoms with Crippen LogP contribution in [0.25, 0.3) is 0 Å². The predicted molar refractivity (Wildman–Crippen MR) is 138 cm³/mol. The van der Waals surface area contributed by atoms with Gasteiger partial charge in [-0.3, -0.25) is 9.59 Å². The van der Waals surface area contributed by atoms with Crippen LogP contribution in [0.5, 0.6) is 17.2 Å². The SMILES string of the molecule is COc1ccccc1NC(=O)CC(=O)NN=Cc1cc(Br)c(OCc2ccc(C)cc2)c(OC)c1. The van der Waals surface area contributed by atoms with Gasteiger partial charge in [0.05, 0.1) is 30.6 Å². The molecule has 0 atom stereocenters. The highest BCUT2D eigenvalue weighted by Gasteiger charge is 2.13. The largest absolute Gasteiger partial charge is 0.495 e. The van der Waals surface area contributed by atoms with E-state index in [2.05, 4.69) is 31.8 Å². The number of benzene rings is 3. The van der Waals surface area contributed by atoms with E-state index in [9.17, 15) is 9.59 Å². The van der Waals surface area contributed by atoms with Crippen LogP contribution in [-0.4, -0.2) is 32.2 Å². The summed E-state index contributed by atoms with van der Waals surface area (Å²) in [5, 5.41) is 6.58. The molecule has 0 saturated carbocycles. The second-order valence-electron chi connectivity index (χ2n) is 7.53. The fourth-order valence-corrected chi connectivity index (χ4v) is 3.67. The molecule has 0 unspecified atom stereocenters. The van der Waals surface area contributed by atoms with Crippen molar-refractivity contribution in [3.8, 4) is 17.2 Å². The summed E-state index contributed by atoms with van der Waals surface area (Å²) in [7, 11) is 3.05. The summed E-state index contributed by atoms with van der Waals surface area (Å²) in [6.07, 6.45) is 1.06. The maximum atomic E-state index is 12.2. The molecule has 0 bridgehead atoms. The number of rotatable bonds is 10. The van der Waals surface area contributed by atoms with Crippen molar-refractivity contribution >= 4 is 39.6 Å². The number of methoxy groups -OCH3 is 2. The Morgan fingerprint density at radius 2 is 1.69 bits per heavy atom. The molecular formula is C26H26BrN3O5. The fourth-order valence-electron chi connectivity index (χ4n) is 3.10. The molecule has 2 N–H and O–H groups in total.